The number of hydrogen-bond acceptors (Lipinski definition) is 4. The smallest absolute Gasteiger partial charge is 0.239 e. The Hall–Kier alpha value is -1.55. The number of H-pyrrole nitrogens is 1. The molecule has 0 radical (unpaired) electrons. The lowest BCUT2D eigenvalue weighted by molar-refractivity contribution is 0.598. The molecule has 110 valence electrons. The van der Waals surface area contributed by atoms with Crippen LogP contribution in [-0.2, 0) is 10.0 Å². The summed E-state index contributed by atoms with van der Waals surface area (Å²) in [5, 5.41) is 7.76. The lowest BCUT2D eigenvalue weighted by atomic mass is 10.3. The van der Waals surface area contributed by atoms with E-state index < -0.39 is 10.0 Å². The van der Waals surface area contributed by atoms with Gasteiger partial charge in [0.2, 0.25) is 16.0 Å². The summed E-state index contributed by atoms with van der Waals surface area (Å²) in [5.41, 5.74) is 6.43. The van der Waals surface area contributed by atoms with Crippen LogP contribution in [0.25, 0.3) is 11.0 Å². The maximum atomic E-state index is 11.3. The molecule has 0 aliphatic rings. The van der Waals surface area contributed by atoms with Gasteiger partial charge in [-0.15, -0.1) is 12.4 Å². The van der Waals surface area contributed by atoms with E-state index in [1.807, 2.05) is 0 Å². The van der Waals surface area contributed by atoms with Gasteiger partial charge >= 0.3 is 0 Å². The number of imidazole rings is 1. The Balaban J connectivity index is 0.00000200. The molecule has 0 saturated heterocycles. The summed E-state index contributed by atoms with van der Waals surface area (Å²) >= 11 is 5.85. The van der Waals surface area contributed by atoms with E-state index in [1.165, 1.54) is 19.2 Å². The number of nitrogens with two attached hydrogens (primary N) is 2. The standard InChI is InChI=1S/C9H11ClN6O2S.ClH/c1-13-8(11)16-9-14-5-2-4(10)7(19(12,17)18)3-6(5)15-9;/h2-3H,1H3,(H2,12,17,18)(H4,11,13,14,15,16);1H. The second kappa shape index (κ2) is 5.83. The molecule has 8 nitrogen and oxygen atoms in total. The van der Waals surface area contributed by atoms with Crippen molar-refractivity contribution < 1.29 is 8.42 Å². The van der Waals surface area contributed by atoms with E-state index in [9.17, 15) is 8.42 Å². The fourth-order valence-corrected chi connectivity index (χ4v) is 2.56. The molecule has 1 heterocycles. The molecular formula is C9H12Cl2N6O2S. The van der Waals surface area contributed by atoms with Crippen LogP contribution in [0.2, 0.25) is 5.02 Å². The van der Waals surface area contributed by atoms with Crippen LogP contribution in [0.4, 0.5) is 5.95 Å². The van der Waals surface area contributed by atoms with Crippen LogP contribution in [0.5, 0.6) is 0 Å². The molecule has 2 aromatic rings. The van der Waals surface area contributed by atoms with Crippen molar-refractivity contribution in [2.45, 2.75) is 4.90 Å². The van der Waals surface area contributed by atoms with Gasteiger partial charge in [-0.2, -0.15) is 0 Å². The first-order valence-corrected chi connectivity index (χ1v) is 6.95. The Bertz CT molecular complexity index is 770. The number of guanidine groups is 1. The summed E-state index contributed by atoms with van der Waals surface area (Å²) in [6.07, 6.45) is 0. The molecule has 0 aliphatic heterocycles. The lowest BCUT2D eigenvalue weighted by Gasteiger charge is -2.00. The van der Waals surface area contributed by atoms with Crippen LogP contribution in [-0.4, -0.2) is 31.4 Å². The van der Waals surface area contributed by atoms with Crippen molar-refractivity contribution in [3.05, 3.63) is 17.2 Å². The minimum atomic E-state index is -3.89. The van der Waals surface area contributed by atoms with Gasteiger partial charge in [-0.3, -0.25) is 10.3 Å². The number of fused-ring (bicyclic) bond motifs is 1. The number of primary sulfonamides is 1. The Kier molecular flexibility index (Phi) is 4.81. The predicted octanol–water partition coefficient (Wildman–Crippen LogP) is 0.642. The maximum Gasteiger partial charge on any atom is 0.239 e. The molecule has 0 spiro atoms. The normalized spacial score (nSPS) is 12.2. The Morgan fingerprint density at radius 1 is 1.50 bits per heavy atom. The van der Waals surface area contributed by atoms with E-state index in [-0.39, 0.29) is 28.3 Å². The number of nitrogens with one attached hydrogen (secondary N) is 2. The van der Waals surface area contributed by atoms with Gasteiger partial charge in [0.25, 0.3) is 0 Å². The predicted molar refractivity (Wildman–Crippen MR) is 80.9 cm³/mol. The average Bonchev–Trinajstić information content (AvgIpc) is 2.67. The molecule has 0 amide bonds. The number of aromatic amines is 1. The number of nitrogens with zero attached hydrogens (tertiary/aromatic N) is 2. The van der Waals surface area contributed by atoms with Crippen LogP contribution in [0, 0.1) is 0 Å². The molecule has 6 N–H and O–H groups in total. The van der Waals surface area contributed by atoms with Crippen molar-refractivity contribution in [2.75, 3.05) is 12.4 Å². The number of aliphatic imine (C=N–C) groups is 1. The van der Waals surface area contributed by atoms with Gasteiger partial charge in [-0.1, -0.05) is 11.6 Å². The second-order valence-electron chi connectivity index (χ2n) is 3.66. The molecule has 1 aromatic carbocycles. The molecule has 0 bridgehead atoms. The Labute approximate surface area is 126 Å². The number of aromatic nitrogens is 2. The Morgan fingerprint density at radius 3 is 2.70 bits per heavy atom. The molecular weight excluding hydrogens is 327 g/mol. The first-order valence-electron chi connectivity index (χ1n) is 5.02. The number of halogens is 2. The first kappa shape index (κ1) is 16.5. The van der Waals surface area contributed by atoms with Gasteiger partial charge < -0.3 is 10.7 Å². The highest BCUT2D eigenvalue weighted by molar-refractivity contribution is 7.89. The zero-order valence-corrected chi connectivity index (χ0v) is 12.6. The molecule has 0 fully saturated rings. The molecule has 1 aromatic heterocycles. The highest BCUT2D eigenvalue weighted by atomic mass is 35.5. The minimum absolute atomic E-state index is 0. The quantitative estimate of drug-likeness (QED) is 0.470. The van der Waals surface area contributed by atoms with E-state index in [1.54, 1.807) is 0 Å². The van der Waals surface area contributed by atoms with Crippen molar-refractivity contribution >= 4 is 57.0 Å². The van der Waals surface area contributed by atoms with Gasteiger partial charge in [0, 0.05) is 7.05 Å². The first-order chi connectivity index (χ1) is 8.81. The van der Waals surface area contributed by atoms with Crippen LogP contribution in [0.1, 0.15) is 0 Å². The minimum Gasteiger partial charge on any atom is -0.370 e. The molecule has 11 heteroatoms. The molecule has 0 aliphatic carbocycles. The monoisotopic (exact) mass is 338 g/mol. The summed E-state index contributed by atoms with van der Waals surface area (Å²) in [5.74, 6) is 0.484. The van der Waals surface area contributed by atoms with Gasteiger partial charge in [0.1, 0.15) is 4.90 Å². The van der Waals surface area contributed by atoms with Gasteiger partial charge in [0.05, 0.1) is 16.1 Å². The third-order valence-corrected chi connectivity index (χ3v) is 3.71. The highest BCUT2D eigenvalue weighted by Crippen LogP contribution is 2.26. The van der Waals surface area contributed by atoms with Crippen LogP contribution < -0.4 is 16.2 Å². The SMILES string of the molecule is CN=C(N)Nc1nc2cc(Cl)c(S(N)(=O)=O)cc2[nH]1.Cl. The van der Waals surface area contributed by atoms with Gasteiger partial charge in [-0.05, 0) is 12.1 Å². The van der Waals surface area contributed by atoms with Crippen LogP contribution in [0.15, 0.2) is 22.0 Å². The topological polar surface area (TPSA) is 139 Å². The Morgan fingerprint density at radius 2 is 2.15 bits per heavy atom. The summed E-state index contributed by atoms with van der Waals surface area (Å²) < 4.78 is 22.7. The lowest BCUT2D eigenvalue weighted by Crippen LogP contribution is -2.22. The highest BCUT2D eigenvalue weighted by Gasteiger charge is 2.16. The number of benzene rings is 1. The van der Waals surface area contributed by atoms with E-state index in [0.717, 1.165) is 0 Å². The fourth-order valence-electron chi connectivity index (χ4n) is 1.47. The van der Waals surface area contributed by atoms with Crippen LogP contribution in [0.3, 0.4) is 0 Å². The summed E-state index contributed by atoms with van der Waals surface area (Å²) in [6.45, 7) is 0. The van der Waals surface area contributed by atoms with E-state index in [0.29, 0.717) is 17.0 Å². The van der Waals surface area contributed by atoms with Crippen LogP contribution >= 0.6 is 24.0 Å². The van der Waals surface area contributed by atoms with Crippen molar-refractivity contribution in [3.8, 4) is 0 Å². The zero-order valence-electron chi connectivity index (χ0n) is 10.2. The third kappa shape index (κ3) is 3.31. The third-order valence-electron chi connectivity index (χ3n) is 2.33. The van der Waals surface area contributed by atoms with Crippen molar-refractivity contribution in [3.63, 3.8) is 0 Å². The van der Waals surface area contributed by atoms with E-state index in [2.05, 4.69) is 20.3 Å². The van der Waals surface area contributed by atoms with Gasteiger partial charge in [0.15, 0.2) is 5.96 Å². The van der Waals surface area contributed by atoms with Crippen molar-refractivity contribution in [2.24, 2.45) is 15.9 Å². The number of rotatable bonds is 2. The number of anilines is 1. The molecule has 0 saturated carbocycles. The van der Waals surface area contributed by atoms with E-state index in [4.69, 9.17) is 22.5 Å². The summed E-state index contributed by atoms with van der Waals surface area (Å²) in [4.78, 5) is 10.5. The van der Waals surface area contributed by atoms with Crippen molar-refractivity contribution in [1.29, 1.82) is 0 Å². The largest absolute Gasteiger partial charge is 0.370 e. The molecule has 0 atom stereocenters. The van der Waals surface area contributed by atoms with Gasteiger partial charge in [-0.25, -0.2) is 18.5 Å². The van der Waals surface area contributed by atoms with Crippen molar-refractivity contribution in [1.82, 2.24) is 9.97 Å². The molecule has 0 unspecified atom stereocenters. The average molecular weight is 339 g/mol. The fraction of sp³-hybridized carbons (Fsp3) is 0.111. The maximum absolute atomic E-state index is 11.3. The molecule has 20 heavy (non-hydrogen) atoms. The summed E-state index contributed by atoms with van der Waals surface area (Å²) in [6, 6.07) is 2.71. The number of sulfonamides is 1. The second-order valence-corrected chi connectivity index (χ2v) is 5.60. The summed E-state index contributed by atoms with van der Waals surface area (Å²) in [7, 11) is -2.38. The molecule has 2 rings (SSSR count). The zero-order chi connectivity index (χ0) is 14.2. The van der Waals surface area contributed by atoms with E-state index >= 15 is 0 Å². The number of hydrogen-bond donors (Lipinski definition) is 4.